The van der Waals surface area contributed by atoms with Gasteiger partial charge in [-0.3, -0.25) is 9.59 Å². The second-order valence-corrected chi connectivity index (χ2v) is 13.4. The van der Waals surface area contributed by atoms with E-state index in [1.54, 1.807) is 12.1 Å². The number of rotatable bonds is 11. The molecule has 1 heterocycles. The third-order valence-electron chi connectivity index (χ3n) is 9.34. The highest BCUT2D eigenvalue weighted by molar-refractivity contribution is 7.99. The summed E-state index contributed by atoms with van der Waals surface area (Å²) < 4.78 is 0. The molecule has 4 aromatic rings. The Balaban J connectivity index is 1.19. The van der Waals surface area contributed by atoms with E-state index in [0.717, 1.165) is 40.8 Å². The van der Waals surface area contributed by atoms with E-state index in [9.17, 15) is 9.59 Å². The van der Waals surface area contributed by atoms with E-state index in [-0.39, 0.29) is 11.6 Å². The van der Waals surface area contributed by atoms with Crippen LogP contribution in [0.15, 0.2) is 88.9 Å². The first kappa shape index (κ1) is 30.3. The largest absolute Gasteiger partial charge is 0.355 e. The number of anilines is 2. The molecule has 0 amide bonds. The van der Waals surface area contributed by atoms with Crippen molar-refractivity contribution >= 4 is 34.7 Å². The van der Waals surface area contributed by atoms with Gasteiger partial charge in [0.25, 0.3) is 0 Å². The zero-order chi connectivity index (χ0) is 30.5. The van der Waals surface area contributed by atoms with Crippen molar-refractivity contribution < 1.29 is 9.59 Å². The smallest absolute Gasteiger partial charge is 0.196 e. The van der Waals surface area contributed by atoms with Gasteiger partial charge in [0.05, 0.1) is 11.3 Å². The van der Waals surface area contributed by atoms with Crippen molar-refractivity contribution in [1.29, 1.82) is 0 Å². The van der Waals surface area contributed by atoms with E-state index in [4.69, 9.17) is 0 Å². The maximum Gasteiger partial charge on any atom is 0.196 e. The lowest BCUT2D eigenvalue weighted by Crippen LogP contribution is -2.23. The van der Waals surface area contributed by atoms with Gasteiger partial charge in [0.2, 0.25) is 0 Å². The lowest BCUT2D eigenvalue weighted by Gasteiger charge is -2.29. The summed E-state index contributed by atoms with van der Waals surface area (Å²) in [5.41, 5.74) is 6.01. The monoisotopic (exact) mass is 602 g/mol. The van der Waals surface area contributed by atoms with Gasteiger partial charge >= 0.3 is 0 Å². The Morgan fingerprint density at radius 1 is 0.773 bits per heavy atom. The summed E-state index contributed by atoms with van der Waals surface area (Å²) in [6, 6.07) is 23.8. The normalized spacial score (nSPS) is 17.7. The molecule has 0 atom stereocenters. The number of carbonyl (C=O) groups excluding carboxylic acids is 2. The highest BCUT2D eigenvalue weighted by Gasteiger charge is 2.34. The third kappa shape index (κ3) is 6.53. The van der Waals surface area contributed by atoms with E-state index in [1.165, 1.54) is 67.8 Å². The molecule has 3 aromatic carbocycles. The van der Waals surface area contributed by atoms with Gasteiger partial charge in [0.1, 0.15) is 5.03 Å². The first-order chi connectivity index (χ1) is 21.6. The van der Waals surface area contributed by atoms with E-state index in [0.29, 0.717) is 33.9 Å². The zero-order valence-electron chi connectivity index (χ0n) is 25.9. The van der Waals surface area contributed by atoms with Crippen LogP contribution in [0, 0.1) is 5.92 Å². The fourth-order valence-electron chi connectivity index (χ4n) is 6.78. The molecule has 0 aliphatic heterocycles. The Hall–Kier alpha value is -3.70. The van der Waals surface area contributed by atoms with E-state index in [2.05, 4.69) is 54.5 Å². The molecule has 1 saturated carbocycles. The molecule has 2 aliphatic rings. The third-order valence-corrected chi connectivity index (χ3v) is 10.3. The van der Waals surface area contributed by atoms with Crippen LogP contribution >= 0.6 is 11.8 Å². The first-order valence-corrected chi connectivity index (χ1v) is 17.2. The number of nitrogens with one attached hydrogen (secondary N) is 1. The lowest BCUT2D eigenvalue weighted by molar-refractivity contribution is 0.0977. The molecule has 0 saturated heterocycles. The molecule has 2 aliphatic carbocycles. The van der Waals surface area contributed by atoms with Crippen LogP contribution < -0.4 is 5.32 Å². The van der Waals surface area contributed by atoms with Crippen LogP contribution in [0.25, 0.3) is 0 Å². The minimum Gasteiger partial charge on any atom is -0.355 e. The Morgan fingerprint density at radius 3 is 2.18 bits per heavy atom. The highest BCUT2D eigenvalue weighted by Crippen LogP contribution is 2.40. The number of aromatic nitrogens is 1. The topological polar surface area (TPSA) is 59.1 Å². The molecule has 5 heteroatoms. The van der Waals surface area contributed by atoms with Gasteiger partial charge in [0, 0.05) is 33.5 Å². The predicted molar refractivity (Wildman–Crippen MR) is 181 cm³/mol. The maximum atomic E-state index is 14.0. The summed E-state index contributed by atoms with van der Waals surface area (Å²) in [7, 11) is 0. The molecule has 226 valence electrons. The van der Waals surface area contributed by atoms with E-state index < -0.39 is 0 Å². The van der Waals surface area contributed by atoms with Crippen LogP contribution in [-0.2, 0) is 6.42 Å². The van der Waals surface area contributed by atoms with Crippen molar-refractivity contribution in [3.05, 3.63) is 112 Å². The second-order valence-electron chi connectivity index (χ2n) is 12.4. The summed E-state index contributed by atoms with van der Waals surface area (Å²) in [4.78, 5) is 33.3. The Kier molecular flexibility index (Phi) is 9.61. The van der Waals surface area contributed by atoms with Gasteiger partial charge in [-0.25, -0.2) is 4.98 Å². The second kappa shape index (κ2) is 13.9. The molecule has 1 N–H and O–H groups in total. The van der Waals surface area contributed by atoms with E-state index >= 15 is 0 Å². The lowest BCUT2D eigenvalue weighted by atomic mass is 9.77. The Labute approximate surface area is 266 Å². The van der Waals surface area contributed by atoms with Crippen LogP contribution in [-0.4, -0.2) is 16.6 Å². The van der Waals surface area contributed by atoms with Crippen LogP contribution in [0.2, 0.25) is 0 Å². The molecule has 0 spiro atoms. The number of aryl methyl sites for hydroxylation is 1. The minimum atomic E-state index is -0.125. The van der Waals surface area contributed by atoms with Gasteiger partial charge in [-0.1, -0.05) is 93.8 Å². The molecule has 0 unspecified atom stereocenters. The minimum absolute atomic E-state index is 0.120. The molecule has 0 bridgehead atoms. The quantitative estimate of drug-likeness (QED) is 0.163. The summed E-state index contributed by atoms with van der Waals surface area (Å²) in [6.45, 7) is 4.46. The first-order valence-electron chi connectivity index (χ1n) is 16.4. The number of fused-ring (bicyclic) bond motifs is 2. The van der Waals surface area contributed by atoms with Gasteiger partial charge < -0.3 is 5.32 Å². The molecular weight excluding hydrogens is 561 g/mol. The standard InChI is InChI=1S/C39H42N2O2S/c1-3-5-9-26-15-18-28(19-16-26)29-20-22-30(23-21-29)41-33-13-7-11-31-36(33)38(42)32-12-8-14-34(37(32)39(31)43)44-35-24-17-27(25-40-35)10-6-4-2/h7-8,11-14,17,20-26,28,41H,3-6,9-10,15-16,18-19H2,1-2H3. The number of benzene rings is 3. The summed E-state index contributed by atoms with van der Waals surface area (Å²) >= 11 is 1.44. The van der Waals surface area contributed by atoms with Crippen molar-refractivity contribution in [2.24, 2.45) is 5.92 Å². The van der Waals surface area contributed by atoms with Gasteiger partial charge in [-0.15, -0.1) is 0 Å². The number of hydrogen-bond donors (Lipinski definition) is 1. The van der Waals surface area contributed by atoms with Crippen LogP contribution in [0.4, 0.5) is 11.4 Å². The Morgan fingerprint density at radius 2 is 1.48 bits per heavy atom. The molecule has 4 nitrogen and oxygen atoms in total. The molecule has 1 fully saturated rings. The number of ketones is 2. The fourth-order valence-corrected chi connectivity index (χ4v) is 7.70. The van der Waals surface area contributed by atoms with Crippen LogP contribution in [0.1, 0.15) is 121 Å². The fraction of sp³-hybridized carbons (Fsp3) is 0.359. The number of pyridine rings is 1. The van der Waals surface area contributed by atoms with Crippen molar-refractivity contribution in [1.82, 2.24) is 4.98 Å². The molecule has 1 aromatic heterocycles. The molecular formula is C39H42N2O2S. The summed E-state index contributed by atoms with van der Waals surface area (Å²) in [6.07, 6.45) is 14.4. The molecule has 0 radical (unpaired) electrons. The maximum absolute atomic E-state index is 14.0. The molecule has 44 heavy (non-hydrogen) atoms. The van der Waals surface area contributed by atoms with Crippen molar-refractivity contribution in [2.45, 2.75) is 93.9 Å². The van der Waals surface area contributed by atoms with Gasteiger partial charge in [-0.05, 0) is 91.8 Å². The number of carbonyl (C=O) groups is 2. The number of unbranched alkanes of at least 4 members (excludes halogenated alkanes) is 2. The predicted octanol–water partition coefficient (Wildman–Crippen LogP) is 10.6. The van der Waals surface area contributed by atoms with Crippen molar-refractivity contribution in [2.75, 3.05) is 5.32 Å². The number of hydrogen-bond acceptors (Lipinski definition) is 5. The van der Waals surface area contributed by atoms with Gasteiger partial charge in [0.15, 0.2) is 11.6 Å². The summed E-state index contributed by atoms with van der Waals surface area (Å²) in [5, 5.41) is 4.27. The average molecular weight is 603 g/mol. The molecule has 6 rings (SSSR count). The average Bonchev–Trinajstić information content (AvgIpc) is 3.06. The zero-order valence-corrected chi connectivity index (χ0v) is 26.7. The Bertz CT molecular complexity index is 1620. The van der Waals surface area contributed by atoms with Crippen LogP contribution in [0.3, 0.4) is 0 Å². The van der Waals surface area contributed by atoms with Crippen molar-refractivity contribution in [3.8, 4) is 0 Å². The highest BCUT2D eigenvalue weighted by atomic mass is 32.2. The van der Waals surface area contributed by atoms with Gasteiger partial charge in [-0.2, -0.15) is 0 Å². The van der Waals surface area contributed by atoms with Crippen LogP contribution in [0.5, 0.6) is 0 Å². The number of nitrogens with zero attached hydrogens (tertiary/aromatic N) is 1. The SMILES string of the molecule is CCCCc1ccc(Sc2cccc3c2C(=O)c2cccc(Nc4ccc(C5CCC(CCCC)CC5)cc4)c2C3=O)nc1. The van der Waals surface area contributed by atoms with Crippen molar-refractivity contribution in [3.63, 3.8) is 0 Å². The summed E-state index contributed by atoms with van der Waals surface area (Å²) in [5.74, 6) is 1.28. The van der Waals surface area contributed by atoms with E-state index in [1.807, 2.05) is 36.5 Å².